The molecular formula is C25H38O3Si. The summed E-state index contributed by atoms with van der Waals surface area (Å²) in [5, 5.41) is 2.36. The fourth-order valence-electron chi connectivity index (χ4n) is 3.43. The predicted molar refractivity (Wildman–Crippen MR) is 124 cm³/mol. The molecule has 0 aliphatic rings. The van der Waals surface area contributed by atoms with Crippen LogP contribution in [0.15, 0.2) is 60.7 Å². The molecule has 0 aromatic heterocycles. The lowest BCUT2D eigenvalue weighted by Crippen LogP contribution is -2.63. The van der Waals surface area contributed by atoms with E-state index in [-0.39, 0.29) is 0 Å². The van der Waals surface area contributed by atoms with E-state index in [4.69, 9.17) is 13.6 Å². The lowest BCUT2D eigenvalue weighted by Gasteiger charge is -2.32. The molecule has 2 rings (SSSR count). The van der Waals surface area contributed by atoms with Gasteiger partial charge in [0.25, 0.3) is 0 Å². The summed E-state index contributed by atoms with van der Waals surface area (Å²) in [4.78, 5) is 0. The topological polar surface area (TPSA) is 27.7 Å². The third kappa shape index (κ3) is 7.70. The van der Waals surface area contributed by atoms with Gasteiger partial charge in [-0.05, 0) is 47.9 Å². The van der Waals surface area contributed by atoms with Crippen molar-refractivity contribution >= 4 is 18.9 Å². The fraction of sp³-hybridized carbons (Fsp3) is 0.520. The van der Waals surface area contributed by atoms with Crippen molar-refractivity contribution in [2.75, 3.05) is 26.9 Å². The zero-order chi connectivity index (χ0) is 21.0. The first kappa shape index (κ1) is 23.8. The van der Waals surface area contributed by atoms with Gasteiger partial charge in [0, 0.05) is 26.9 Å². The van der Waals surface area contributed by atoms with Gasteiger partial charge in [0.15, 0.2) is 0 Å². The summed E-state index contributed by atoms with van der Waals surface area (Å²) < 4.78 is 18.7. The van der Waals surface area contributed by atoms with Crippen LogP contribution in [0, 0.1) is 11.8 Å². The summed E-state index contributed by atoms with van der Waals surface area (Å²) in [5.41, 5.74) is 0. The molecule has 4 heteroatoms. The monoisotopic (exact) mass is 414 g/mol. The van der Waals surface area contributed by atoms with E-state index in [1.54, 1.807) is 7.11 Å². The van der Waals surface area contributed by atoms with E-state index in [1.165, 1.54) is 16.8 Å². The van der Waals surface area contributed by atoms with Gasteiger partial charge in [0.1, 0.15) is 0 Å². The van der Waals surface area contributed by atoms with Crippen LogP contribution in [0.25, 0.3) is 0 Å². The minimum absolute atomic E-state index is 0.564. The second-order valence-electron chi connectivity index (χ2n) is 8.26. The first-order valence-electron chi connectivity index (χ1n) is 11.0. The molecule has 29 heavy (non-hydrogen) atoms. The van der Waals surface area contributed by atoms with Crippen molar-refractivity contribution in [2.24, 2.45) is 11.8 Å². The average Bonchev–Trinajstić information content (AvgIpc) is 2.75. The molecule has 3 nitrogen and oxygen atoms in total. The standard InChI is InChI=1S/C25H38O3Si/c1-22(2)12-11-19-27-29(24-13-7-5-8-14-24,25-15-9-6-10-16-25)28-21-18-23(3)17-20-26-4/h5-10,13-16,22-23H,11-12,17-21H2,1-4H3. The van der Waals surface area contributed by atoms with E-state index in [1.807, 2.05) is 0 Å². The highest BCUT2D eigenvalue weighted by molar-refractivity contribution is 6.92. The second-order valence-corrected chi connectivity index (χ2v) is 11.2. The summed E-state index contributed by atoms with van der Waals surface area (Å²) in [7, 11) is -0.988. The third-order valence-electron chi connectivity index (χ3n) is 5.27. The van der Waals surface area contributed by atoms with Gasteiger partial charge >= 0.3 is 8.56 Å². The number of rotatable bonds is 14. The molecule has 0 radical (unpaired) electrons. The predicted octanol–water partition coefficient (Wildman–Crippen LogP) is 4.78. The summed E-state index contributed by atoms with van der Waals surface area (Å²) in [5.74, 6) is 1.25. The largest absolute Gasteiger partial charge is 0.407 e. The minimum Gasteiger partial charge on any atom is -0.388 e. The molecule has 1 atom stereocenters. The van der Waals surface area contributed by atoms with E-state index in [0.717, 1.165) is 32.5 Å². The van der Waals surface area contributed by atoms with Gasteiger partial charge in [-0.1, -0.05) is 81.4 Å². The van der Waals surface area contributed by atoms with Crippen molar-refractivity contribution in [3.05, 3.63) is 60.7 Å². The van der Waals surface area contributed by atoms with Gasteiger partial charge < -0.3 is 13.6 Å². The number of hydrogen-bond acceptors (Lipinski definition) is 3. The quantitative estimate of drug-likeness (QED) is 0.329. The van der Waals surface area contributed by atoms with Crippen LogP contribution in [-0.4, -0.2) is 35.5 Å². The van der Waals surface area contributed by atoms with Crippen molar-refractivity contribution in [3.8, 4) is 0 Å². The highest BCUT2D eigenvalue weighted by Gasteiger charge is 2.42. The maximum absolute atomic E-state index is 6.74. The maximum Gasteiger partial charge on any atom is 0.407 e. The second kappa shape index (κ2) is 13.0. The maximum atomic E-state index is 6.74. The van der Waals surface area contributed by atoms with Crippen LogP contribution >= 0.6 is 0 Å². The van der Waals surface area contributed by atoms with E-state index in [2.05, 4.69) is 81.4 Å². The van der Waals surface area contributed by atoms with Crippen molar-refractivity contribution in [1.82, 2.24) is 0 Å². The fourth-order valence-corrected chi connectivity index (χ4v) is 6.61. The van der Waals surface area contributed by atoms with Crippen LogP contribution in [0.5, 0.6) is 0 Å². The Hall–Kier alpha value is -1.46. The van der Waals surface area contributed by atoms with Gasteiger partial charge in [-0.3, -0.25) is 0 Å². The minimum atomic E-state index is -2.75. The summed E-state index contributed by atoms with van der Waals surface area (Å²) in [6, 6.07) is 21.1. The van der Waals surface area contributed by atoms with Crippen LogP contribution in [0.2, 0.25) is 0 Å². The normalized spacial score (nSPS) is 13.0. The molecule has 160 valence electrons. The van der Waals surface area contributed by atoms with Gasteiger partial charge in [-0.25, -0.2) is 0 Å². The molecular weight excluding hydrogens is 376 g/mol. The molecule has 0 spiro atoms. The highest BCUT2D eigenvalue weighted by Crippen LogP contribution is 2.15. The van der Waals surface area contributed by atoms with Gasteiger partial charge in [-0.2, -0.15) is 0 Å². The molecule has 0 saturated heterocycles. The van der Waals surface area contributed by atoms with E-state index in [9.17, 15) is 0 Å². The molecule has 1 unspecified atom stereocenters. The lowest BCUT2D eigenvalue weighted by atomic mass is 10.1. The molecule has 0 aliphatic carbocycles. The Balaban J connectivity index is 2.22. The molecule has 0 saturated carbocycles. The molecule has 0 aliphatic heterocycles. The van der Waals surface area contributed by atoms with Crippen molar-refractivity contribution in [3.63, 3.8) is 0 Å². The Labute approximate surface area is 178 Å². The first-order chi connectivity index (χ1) is 14.1. The van der Waals surface area contributed by atoms with Crippen LogP contribution in [-0.2, 0) is 13.6 Å². The molecule has 2 aromatic rings. The van der Waals surface area contributed by atoms with Crippen LogP contribution in [0.3, 0.4) is 0 Å². The zero-order valence-electron chi connectivity index (χ0n) is 18.6. The van der Waals surface area contributed by atoms with Gasteiger partial charge in [0.2, 0.25) is 0 Å². The molecule has 0 bridgehead atoms. The highest BCUT2D eigenvalue weighted by atomic mass is 28.4. The number of methoxy groups -OCH3 is 1. The first-order valence-corrected chi connectivity index (χ1v) is 12.8. The Kier molecular flexibility index (Phi) is 10.6. The van der Waals surface area contributed by atoms with Crippen molar-refractivity contribution in [1.29, 1.82) is 0 Å². The third-order valence-corrected chi connectivity index (χ3v) is 8.68. The number of ether oxygens (including phenoxy) is 1. The summed E-state index contributed by atoms with van der Waals surface area (Å²) >= 11 is 0. The van der Waals surface area contributed by atoms with E-state index >= 15 is 0 Å². The molecule has 0 N–H and O–H groups in total. The SMILES string of the molecule is COCCC(C)CCO[Si](OCCCC(C)C)(c1ccccc1)c1ccccc1. The molecule has 0 fully saturated rings. The van der Waals surface area contributed by atoms with Gasteiger partial charge in [-0.15, -0.1) is 0 Å². The summed E-state index contributed by atoms with van der Waals surface area (Å²) in [6.07, 6.45) is 4.29. The summed E-state index contributed by atoms with van der Waals surface area (Å²) in [6.45, 7) is 9.01. The van der Waals surface area contributed by atoms with Crippen LogP contribution < -0.4 is 10.4 Å². The Morgan fingerprint density at radius 3 is 1.72 bits per heavy atom. The Morgan fingerprint density at radius 1 is 0.690 bits per heavy atom. The molecule has 0 heterocycles. The number of hydrogen-bond donors (Lipinski definition) is 0. The Bertz CT molecular complexity index is 621. The average molecular weight is 415 g/mol. The van der Waals surface area contributed by atoms with Gasteiger partial charge in [0.05, 0.1) is 0 Å². The van der Waals surface area contributed by atoms with E-state index in [0.29, 0.717) is 18.4 Å². The van der Waals surface area contributed by atoms with E-state index < -0.39 is 8.56 Å². The lowest BCUT2D eigenvalue weighted by molar-refractivity contribution is 0.156. The van der Waals surface area contributed by atoms with Crippen LogP contribution in [0.4, 0.5) is 0 Å². The smallest absolute Gasteiger partial charge is 0.388 e. The number of benzene rings is 2. The van der Waals surface area contributed by atoms with Crippen LogP contribution in [0.1, 0.15) is 46.5 Å². The molecule has 0 amide bonds. The van der Waals surface area contributed by atoms with Crippen molar-refractivity contribution in [2.45, 2.75) is 46.5 Å². The zero-order valence-corrected chi connectivity index (χ0v) is 19.6. The van der Waals surface area contributed by atoms with Crippen molar-refractivity contribution < 1.29 is 13.6 Å². The Morgan fingerprint density at radius 2 is 1.21 bits per heavy atom. The molecule has 2 aromatic carbocycles.